The zero-order valence-corrected chi connectivity index (χ0v) is 11.7. The van der Waals surface area contributed by atoms with Gasteiger partial charge in [-0.25, -0.2) is 4.39 Å². The SMILES string of the molecule is NC(Cc1ccncc1Cl)c1ccc(F)c(Br)c1. The molecule has 0 aliphatic carbocycles. The van der Waals surface area contributed by atoms with Gasteiger partial charge >= 0.3 is 0 Å². The minimum atomic E-state index is -0.298. The van der Waals surface area contributed by atoms with E-state index in [9.17, 15) is 4.39 Å². The maximum Gasteiger partial charge on any atom is 0.137 e. The van der Waals surface area contributed by atoms with E-state index in [1.54, 1.807) is 24.5 Å². The highest BCUT2D eigenvalue weighted by Crippen LogP contribution is 2.24. The van der Waals surface area contributed by atoms with Gasteiger partial charge < -0.3 is 5.73 Å². The van der Waals surface area contributed by atoms with Gasteiger partial charge in [0.1, 0.15) is 5.82 Å². The summed E-state index contributed by atoms with van der Waals surface area (Å²) in [6.45, 7) is 0. The van der Waals surface area contributed by atoms with Crippen LogP contribution in [-0.2, 0) is 6.42 Å². The number of nitrogens with two attached hydrogens (primary N) is 1. The molecule has 1 heterocycles. The predicted octanol–water partition coefficient (Wildman–Crippen LogP) is 3.88. The quantitative estimate of drug-likeness (QED) is 0.928. The standard InChI is InChI=1S/C13H11BrClFN2/c14-10-5-9(1-2-12(10)16)13(17)6-8-3-4-18-7-11(8)15/h1-5,7,13H,6,17H2. The van der Waals surface area contributed by atoms with Gasteiger partial charge in [-0.15, -0.1) is 0 Å². The topological polar surface area (TPSA) is 38.9 Å². The van der Waals surface area contributed by atoms with E-state index in [4.69, 9.17) is 17.3 Å². The van der Waals surface area contributed by atoms with Crippen LogP contribution in [-0.4, -0.2) is 4.98 Å². The fourth-order valence-corrected chi connectivity index (χ4v) is 2.26. The molecule has 2 rings (SSSR count). The summed E-state index contributed by atoms with van der Waals surface area (Å²) < 4.78 is 13.5. The normalized spacial score (nSPS) is 12.4. The van der Waals surface area contributed by atoms with Crippen molar-refractivity contribution in [3.05, 3.63) is 63.1 Å². The monoisotopic (exact) mass is 328 g/mol. The molecule has 2 nitrogen and oxygen atoms in total. The lowest BCUT2D eigenvalue weighted by molar-refractivity contribution is 0.617. The number of hydrogen-bond acceptors (Lipinski definition) is 2. The summed E-state index contributed by atoms with van der Waals surface area (Å²) in [4.78, 5) is 3.92. The lowest BCUT2D eigenvalue weighted by Gasteiger charge is -2.13. The molecule has 1 atom stereocenters. The smallest absolute Gasteiger partial charge is 0.137 e. The molecule has 94 valence electrons. The Bertz CT molecular complexity index is 562. The van der Waals surface area contributed by atoms with E-state index in [-0.39, 0.29) is 11.9 Å². The largest absolute Gasteiger partial charge is 0.324 e. The van der Waals surface area contributed by atoms with Gasteiger partial charge in [0.25, 0.3) is 0 Å². The van der Waals surface area contributed by atoms with Crippen LogP contribution in [0.3, 0.4) is 0 Å². The average Bonchev–Trinajstić information content (AvgIpc) is 2.35. The number of nitrogens with zero attached hydrogens (tertiary/aromatic N) is 1. The van der Waals surface area contributed by atoms with Crippen molar-refractivity contribution < 1.29 is 4.39 Å². The number of halogens is 3. The van der Waals surface area contributed by atoms with Crippen molar-refractivity contribution in [1.82, 2.24) is 4.98 Å². The van der Waals surface area contributed by atoms with E-state index in [2.05, 4.69) is 20.9 Å². The molecule has 1 aromatic heterocycles. The molecule has 2 aromatic rings. The number of benzene rings is 1. The van der Waals surface area contributed by atoms with E-state index >= 15 is 0 Å². The van der Waals surface area contributed by atoms with Crippen LogP contribution < -0.4 is 5.73 Å². The molecule has 5 heteroatoms. The molecule has 0 fully saturated rings. The van der Waals surface area contributed by atoms with Crippen LogP contribution in [0.5, 0.6) is 0 Å². The van der Waals surface area contributed by atoms with Gasteiger partial charge in [-0.2, -0.15) is 0 Å². The zero-order chi connectivity index (χ0) is 13.1. The first-order valence-corrected chi connectivity index (χ1v) is 6.54. The van der Waals surface area contributed by atoms with Crippen molar-refractivity contribution in [2.24, 2.45) is 5.73 Å². The van der Waals surface area contributed by atoms with Gasteiger partial charge in [0.05, 0.1) is 9.50 Å². The highest BCUT2D eigenvalue weighted by molar-refractivity contribution is 9.10. The Morgan fingerprint density at radius 1 is 1.39 bits per heavy atom. The Labute approximate surface area is 118 Å². The summed E-state index contributed by atoms with van der Waals surface area (Å²) in [5.41, 5.74) is 7.88. The van der Waals surface area contributed by atoms with Crippen LogP contribution in [0.15, 0.2) is 41.1 Å². The molecular weight excluding hydrogens is 319 g/mol. The van der Waals surface area contributed by atoms with Crippen LogP contribution in [0, 0.1) is 5.82 Å². The lowest BCUT2D eigenvalue weighted by Crippen LogP contribution is -2.13. The summed E-state index contributed by atoms with van der Waals surface area (Å²) in [6.07, 6.45) is 3.85. The van der Waals surface area contributed by atoms with Crippen LogP contribution >= 0.6 is 27.5 Å². The first-order chi connectivity index (χ1) is 8.58. The third kappa shape index (κ3) is 3.07. The number of hydrogen-bond donors (Lipinski definition) is 1. The molecule has 1 aromatic carbocycles. The highest BCUT2D eigenvalue weighted by Gasteiger charge is 2.11. The van der Waals surface area contributed by atoms with E-state index < -0.39 is 0 Å². The molecule has 0 saturated heterocycles. The van der Waals surface area contributed by atoms with E-state index in [1.807, 2.05) is 6.07 Å². The number of aromatic nitrogens is 1. The Hall–Kier alpha value is -0.970. The molecule has 0 saturated carbocycles. The highest BCUT2D eigenvalue weighted by atomic mass is 79.9. The van der Waals surface area contributed by atoms with Crippen molar-refractivity contribution >= 4 is 27.5 Å². The Balaban J connectivity index is 2.19. The van der Waals surface area contributed by atoms with Crippen molar-refractivity contribution in [3.8, 4) is 0 Å². The first kappa shape index (κ1) is 13.5. The van der Waals surface area contributed by atoms with Gasteiger partial charge in [-0.3, -0.25) is 4.98 Å². The van der Waals surface area contributed by atoms with Crippen molar-refractivity contribution in [1.29, 1.82) is 0 Å². The Kier molecular flexibility index (Phi) is 4.32. The summed E-state index contributed by atoms with van der Waals surface area (Å²) in [6, 6.07) is 6.37. The molecule has 0 bridgehead atoms. The fourth-order valence-electron chi connectivity index (χ4n) is 1.67. The molecule has 0 spiro atoms. The lowest BCUT2D eigenvalue weighted by atomic mass is 10.0. The molecule has 18 heavy (non-hydrogen) atoms. The minimum Gasteiger partial charge on any atom is -0.324 e. The van der Waals surface area contributed by atoms with Crippen LogP contribution in [0.25, 0.3) is 0 Å². The molecule has 0 aliphatic rings. The zero-order valence-electron chi connectivity index (χ0n) is 9.41. The molecule has 1 unspecified atom stereocenters. The van der Waals surface area contributed by atoms with Gasteiger partial charge in [-0.1, -0.05) is 17.7 Å². The summed E-state index contributed by atoms with van der Waals surface area (Å²) >= 11 is 9.17. The summed E-state index contributed by atoms with van der Waals surface area (Å²) in [5.74, 6) is -0.298. The van der Waals surface area contributed by atoms with Crippen molar-refractivity contribution in [2.45, 2.75) is 12.5 Å². The maximum absolute atomic E-state index is 13.1. The van der Waals surface area contributed by atoms with Crippen LogP contribution in [0.4, 0.5) is 4.39 Å². The third-order valence-electron chi connectivity index (χ3n) is 2.67. The summed E-state index contributed by atoms with van der Waals surface area (Å²) in [7, 11) is 0. The Morgan fingerprint density at radius 2 is 2.17 bits per heavy atom. The maximum atomic E-state index is 13.1. The minimum absolute atomic E-state index is 0.234. The second-order valence-electron chi connectivity index (χ2n) is 3.95. The number of pyridine rings is 1. The van der Waals surface area contributed by atoms with Gasteiger partial charge in [0.2, 0.25) is 0 Å². The van der Waals surface area contributed by atoms with Crippen molar-refractivity contribution in [3.63, 3.8) is 0 Å². The average molecular weight is 330 g/mol. The molecule has 0 radical (unpaired) electrons. The molecule has 2 N–H and O–H groups in total. The fraction of sp³-hybridized carbons (Fsp3) is 0.154. The first-order valence-electron chi connectivity index (χ1n) is 5.37. The predicted molar refractivity (Wildman–Crippen MR) is 74.0 cm³/mol. The van der Waals surface area contributed by atoms with Gasteiger partial charge in [-0.05, 0) is 51.7 Å². The van der Waals surface area contributed by atoms with Gasteiger partial charge in [0.15, 0.2) is 0 Å². The Morgan fingerprint density at radius 3 is 2.83 bits per heavy atom. The third-order valence-corrected chi connectivity index (χ3v) is 3.62. The van der Waals surface area contributed by atoms with Crippen LogP contribution in [0.2, 0.25) is 5.02 Å². The number of rotatable bonds is 3. The van der Waals surface area contributed by atoms with E-state index in [0.717, 1.165) is 11.1 Å². The van der Waals surface area contributed by atoms with Gasteiger partial charge in [0, 0.05) is 18.4 Å². The molecular formula is C13H11BrClFN2. The van der Waals surface area contributed by atoms with E-state index in [1.165, 1.54) is 6.07 Å². The van der Waals surface area contributed by atoms with Crippen LogP contribution in [0.1, 0.15) is 17.2 Å². The van der Waals surface area contributed by atoms with Crippen molar-refractivity contribution in [2.75, 3.05) is 0 Å². The molecule has 0 aliphatic heterocycles. The second-order valence-corrected chi connectivity index (χ2v) is 5.21. The summed E-state index contributed by atoms with van der Waals surface area (Å²) in [5, 5.41) is 0.592. The molecule has 0 amide bonds. The van der Waals surface area contributed by atoms with E-state index in [0.29, 0.717) is 15.9 Å². The second kappa shape index (κ2) is 5.78.